The smallest absolute Gasteiger partial charge is 0.310 e. The van der Waals surface area contributed by atoms with Gasteiger partial charge in [0.2, 0.25) is 0 Å². The van der Waals surface area contributed by atoms with Gasteiger partial charge in [-0.25, -0.2) is 0 Å². The Morgan fingerprint density at radius 3 is 2.10 bits per heavy atom. The predicted octanol–water partition coefficient (Wildman–Crippen LogP) is 10.6. The second-order valence-corrected chi connectivity index (χ2v) is 15.7. The maximum absolute atomic E-state index is 13.9. The summed E-state index contributed by atoms with van der Waals surface area (Å²) in [6, 6.07) is 33.8. The van der Waals surface area contributed by atoms with Gasteiger partial charge < -0.3 is 28.9 Å². The van der Waals surface area contributed by atoms with Crippen molar-refractivity contribution in [2.24, 2.45) is 5.16 Å². The molecular formula is C46H44ClNO8S2. The van der Waals surface area contributed by atoms with Crippen LogP contribution in [-0.2, 0) is 36.7 Å². The van der Waals surface area contributed by atoms with E-state index in [0.717, 1.165) is 48.0 Å². The number of carbonyl (C=O) groups is 2. The molecule has 4 aromatic carbocycles. The summed E-state index contributed by atoms with van der Waals surface area (Å²) in [4.78, 5) is 35.3. The molecule has 6 rings (SSSR count). The normalized spacial score (nSPS) is 12.4. The van der Waals surface area contributed by atoms with Crippen molar-refractivity contribution in [1.82, 2.24) is 0 Å². The van der Waals surface area contributed by atoms with Crippen LogP contribution >= 0.6 is 34.3 Å². The number of carbonyl (C=O) groups excluding carboxylic acids is 2. The van der Waals surface area contributed by atoms with E-state index in [9.17, 15) is 14.7 Å². The lowest BCUT2D eigenvalue weighted by Gasteiger charge is -2.18. The molecule has 0 aliphatic rings. The van der Waals surface area contributed by atoms with Gasteiger partial charge in [-0.2, -0.15) is 0 Å². The quantitative estimate of drug-likeness (QED) is 0.0549. The van der Waals surface area contributed by atoms with Crippen LogP contribution in [0.15, 0.2) is 114 Å². The molecule has 0 fully saturated rings. The summed E-state index contributed by atoms with van der Waals surface area (Å²) < 4.78 is 22.5. The molecule has 0 aliphatic heterocycles. The van der Waals surface area contributed by atoms with Crippen LogP contribution in [0.25, 0.3) is 20.9 Å². The molecule has 58 heavy (non-hydrogen) atoms. The molecule has 0 saturated heterocycles. The first-order chi connectivity index (χ1) is 28.1. The summed E-state index contributed by atoms with van der Waals surface area (Å²) in [5.41, 5.74) is 5.97. The van der Waals surface area contributed by atoms with Gasteiger partial charge in [-0.3, -0.25) is 9.59 Å². The monoisotopic (exact) mass is 837 g/mol. The highest BCUT2D eigenvalue weighted by molar-refractivity contribution is 7.18. The summed E-state index contributed by atoms with van der Waals surface area (Å²) >= 11 is 9.15. The molecule has 9 nitrogen and oxygen atoms in total. The number of aliphatic hydroxyl groups excluding tert-OH is 1. The highest BCUT2D eigenvalue weighted by atomic mass is 35.5. The van der Waals surface area contributed by atoms with Crippen molar-refractivity contribution in [2.75, 3.05) is 27.4 Å². The van der Waals surface area contributed by atoms with Gasteiger partial charge in [0.15, 0.2) is 0 Å². The fraction of sp³-hybridized carbons (Fsp3) is 0.239. The lowest BCUT2D eigenvalue weighted by Crippen LogP contribution is -2.12. The van der Waals surface area contributed by atoms with E-state index in [0.29, 0.717) is 39.3 Å². The van der Waals surface area contributed by atoms with E-state index in [-0.39, 0.29) is 25.4 Å². The molecular weight excluding hydrogens is 794 g/mol. The van der Waals surface area contributed by atoms with E-state index in [4.69, 9.17) is 35.4 Å². The molecule has 0 saturated carbocycles. The average Bonchev–Trinajstić information content (AvgIpc) is 3.85. The number of hydrogen-bond acceptors (Lipinski definition) is 11. The van der Waals surface area contributed by atoms with E-state index in [2.05, 4.69) is 5.16 Å². The van der Waals surface area contributed by atoms with Crippen molar-refractivity contribution >= 4 is 51.9 Å². The Morgan fingerprint density at radius 2 is 1.43 bits per heavy atom. The Kier molecular flexibility index (Phi) is 14.4. The lowest BCUT2D eigenvalue weighted by atomic mass is 10.0. The molecule has 6 aromatic rings. The number of oxime groups is 1. The molecule has 0 radical (unpaired) electrons. The molecule has 1 N–H and O–H groups in total. The highest BCUT2D eigenvalue weighted by Crippen LogP contribution is 2.41. The standard InChI is InChI=1S/C46H44ClNO8S2/c1-6-54-41(49)26-34-25-40(44(51)30-11-9-8-10-12-30)58-46(34)32-17-22-38(53-5)37(23-32)28(3)56-42(50)27-33-24-39(57-45(33)31-13-18-35(47)19-14-31)43(48-55-7-2)29-15-20-36(52-4)21-16-29/h8-25,28,44,51H,6-7,26-27H2,1-5H3/b48-43+. The second-order valence-electron chi connectivity index (χ2n) is 13.1. The number of hydrogen-bond donors (Lipinski definition) is 1. The van der Waals surface area contributed by atoms with Gasteiger partial charge >= 0.3 is 11.9 Å². The Labute approximate surface area is 351 Å². The van der Waals surface area contributed by atoms with Gasteiger partial charge in [-0.05, 0) is 115 Å². The molecule has 12 heteroatoms. The lowest BCUT2D eigenvalue weighted by molar-refractivity contribution is -0.147. The molecule has 2 heterocycles. The van der Waals surface area contributed by atoms with Crippen molar-refractivity contribution in [3.05, 3.63) is 152 Å². The predicted molar refractivity (Wildman–Crippen MR) is 230 cm³/mol. The maximum Gasteiger partial charge on any atom is 0.310 e. The molecule has 300 valence electrons. The first-order valence-corrected chi connectivity index (χ1v) is 20.8. The third-order valence-corrected chi connectivity index (χ3v) is 12.0. The van der Waals surface area contributed by atoms with Crippen LogP contribution in [0.1, 0.15) is 70.6 Å². The Hall–Kier alpha value is -5.46. The van der Waals surface area contributed by atoms with Crippen LogP contribution in [0.4, 0.5) is 0 Å². The van der Waals surface area contributed by atoms with Gasteiger partial charge in [0.25, 0.3) is 0 Å². The zero-order valence-corrected chi connectivity index (χ0v) is 35.2. The van der Waals surface area contributed by atoms with Gasteiger partial charge in [0.1, 0.15) is 36.0 Å². The topological polar surface area (TPSA) is 113 Å². The maximum atomic E-state index is 13.9. The van der Waals surface area contributed by atoms with Crippen LogP contribution in [0.3, 0.4) is 0 Å². The van der Waals surface area contributed by atoms with Crippen molar-refractivity contribution in [1.29, 1.82) is 0 Å². The van der Waals surface area contributed by atoms with Crippen molar-refractivity contribution < 1.29 is 38.5 Å². The SMILES string of the molecule is CCO/N=C(\c1ccc(OC)cc1)c1cc(CC(=O)OC(C)c2cc(-c3sc(C(O)c4ccccc4)cc3CC(=O)OCC)ccc2OC)c(-c2ccc(Cl)cc2)s1. The summed E-state index contributed by atoms with van der Waals surface area (Å²) in [6.45, 7) is 6.07. The van der Waals surface area contributed by atoms with E-state index >= 15 is 0 Å². The molecule has 2 aromatic heterocycles. The van der Waals surface area contributed by atoms with Crippen LogP contribution in [-0.4, -0.2) is 50.2 Å². The summed E-state index contributed by atoms with van der Waals surface area (Å²) in [5, 5.41) is 16.4. The number of rotatable bonds is 17. The number of benzene rings is 4. The van der Waals surface area contributed by atoms with Gasteiger partial charge in [0, 0.05) is 30.8 Å². The fourth-order valence-corrected chi connectivity index (χ4v) is 8.93. The van der Waals surface area contributed by atoms with Crippen molar-refractivity contribution in [3.63, 3.8) is 0 Å². The molecule has 2 atom stereocenters. The zero-order chi connectivity index (χ0) is 41.2. The largest absolute Gasteiger partial charge is 0.497 e. The molecule has 0 spiro atoms. The first kappa shape index (κ1) is 42.2. The second kappa shape index (κ2) is 19.8. The van der Waals surface area contributed by atoms with Gasteiger partial charge in [0.05, 0.1) is 38.5 Å². The van der Waals surface area contributed by atoms with E-state index in [1.807, 2.05) is 116 Å². The highest BCUT2D eigenvalue weighted by Gasteiger charge is 2.25. The first-order valence-electron chi connectivity index (χ1n) is 18.7. The molecule has 0 amide bonds. The number of esters is 2. The summed E-state index contributed by atoms with van der Waals surface area (Å²) in [7, 11) is 3.18. The Morgan fingerprint density at radius 1 is 0.759 bits per heavy atom. The molecule has 2 unspecified atom stereocenters. The van der Waals surface area contributed by atoms with E-state index in [1.165, 1.54) is 22.7 Å². The van der Waals surface area contributed by atoms with Crippen LogP contribution in [0.2, 0.25) is 5.02 Å². The number of thiophene rings is 2. The van der Waals surface area contributed by atoms with E-state index in [1.54, 1.807) is 28.1 Å². The van der Waals surface area contributed by atoms with Gasteiger partial charge in [-0.15, -0.1) is 22.7 Å². The minimum Gasteiger partial charge on any atom is -0.497 e. The minimum atomic E-state index is -0.883. The zero-order valence-electron chi connectivity index (χ0n) is 32.8. The van der Waals surface area contributed by atoms with Crippen LogP contribution < -0.4 is 9.47 Å². The van der Waals surface area contributed by atoms with Crippen LogP contribution in [0, 0.1) is 0 Å². The molecule has 0 bridgehead atoms. The number of aliphatic hydroxyl groups is 1. The van der Waals surface area contributed by atoms with Crippen LogP contribution in [0.5, 0.6) is 11.5 Å². The third kappa shape index (κ3) is 10.2. The average molecular weight is 838 g/mol. The summed E-state index contributed by atoms with van der Waals surface area (Å²) in [5.74, 6) is 0.437. The Balaban J connectivity index is 1.31. The third-order valence-electron chi connectivity index (χ3n) is 9.22. The molecule has 0 aliphatic carbocycles. The number of ether oxygens (including phenoxy) is 4. The Bertz CT molecular complexity index is 2350. The van der Waals surface area contributed by atoms with Crippen molar-refractivity contribution in [2.45, 2.75) is 45.8 Å². The number of nitrogens with zero attached hydrogens (tertiary/aromatic N) is 1. The fourth-order valence-electron chi connectivity index (χ4n) is 6.42. The minimum absolute atomic E-state index is 0.0271. The number of halogens is 1. The summed E-state index contributed by atoms with van der Waals surface area (Å²) in [6.07, 6.45) is -1.59. The van der Waals surface area contributed by atoms with Crippen molar-refractivity contribution in [3.8, 4) is 32.4 Å². The number of methoxy groups -OCH3 is 2. The van der Waals surface area contributed by atoms with Gasteiger partial charge in [-0.1, -0.05) is 59.2 Å². The van der Waals surface area contributed by atoms with E-state index < -0.39 is 18.2 Å².